The minimum absolute atomic E-state index is 0.251. The van der Waals surface area contributed by atoms with E-state index >= 15 is 0 Å². The fourth-order valence-corrected chi connectivity index (χ4v) is 2.19. The maximum Gasteiger partial charge on any atom is 0.195 e. The molecule has 1 saturated heterocycles. The van der Waals surface area contributed by atoms with E-state index in [2.05, 4.69) is 31.1 Å². The molecule has 1 fully saturated rings. The van der Waals surface area contributed by atoms with E-state index in [4.69, 9.17) is 4.42 Å². The summed E-state index contributed by atoms with van der Waals surface area (Å²) in [5.74, 6) is 1.94. The first-order chi connectivity index (χ1) is 6.98. The van der Waals surface area contributed by atoms with Crippen molar-refractivity contribution < 1.29 is 4.42 Å². The van der Waals surface area contributed by atoms with Crippen molar-refractivity contribution in [3.8, 4) is 0 Å². The van der Waals surface area contributed by atoms with Gasteiger partial charge in [0, 0.05) is 31.2 Å². The van der Waals surface area contributed by atoms with Crippen LogP contribution in [0.5, 0.6) is 0 Å². The van der Waals surface area contributed by atoms with Gasteiger partial charge in [0.2, 0.25) is 0 Å². The highest BCUT2D eigenvalue weighted by Crippen LogP contribution is 2.26. The number of rotatable bonds is 2. The lowest BCUT2D eigenvalue weighted by Crippen LogP contribution is -2.32. The van der Waals surface area contributed by atoms with Crippen LogP contribution in [0.3, 0.4) is 0 Å². The van der Waals surface area contributed by atoms with E-state index in [1.807, 2.05) is 19.1 Å². The Morgan fingerprint density at radius 2 is 2.20 bits per heavy atom. The predicted octanol–water partition coefficient (Wildman–Crippen LogP) is 2.16. The summed E-state index contributed by atoms with van der Waals surface area (Å²) in [5, 5.41) is 3.52. The lowest BCUT2D eigenvalue weighted by atomic mass is 10.0. The van der Waals surface area contributed by atoms with Gasteiger partial charge in [0.1, 0.15) is 5.76 Å². The zero-order valence-electron chi connectivity index (χ0n) is 10.0. The highest BCUT2D eigenvalue weighted by molar-refractivity contribution is 5.37. The molecule has 1 aromatic heterocycles. The SMILES string of the molecule is Cc1ccc(N(C)C2CNC(C)(C)C2)o1. The third kappa shape index (κ3) is 2.17. The molecule has 0 radical (unpaired) electrons. The Balaban J connectivity index is 2.06. The number of aryl methyl sites for hydroxylation is 1. The van der Waals surface area contributed by atoms with Crippen LogP contribution in [0.15, 0.2) is 16.5 Å². The van der Waals surface area contributed by atoms with Crippen LogP contribution >= 0.6 is 0 Å². The van der Waals surface area contributed by atoms with E-state index in [1.54, 1.807) is 0 Å². The summed E-state index contributed by atoms with van der Waals surface area (Å²) < 4.78 is 5.62. The molecule has 0 saturated carbocycles. The molecular formula is C12H20N2O. The zero-order valence-corrected chi connectivity index (χ0v) is 10.0. The van der Waals surface area contributed by atoms with Gasteiger partial charge in [-0.15, -0.1) is 0 Å². The minimum Gasteiger partial charge on any atom is -0.446 e. The van der Waals surface area contributed by atoms with Crippen LogP contribution in [0.1, 0.15) is 26.0 Å². The van der Waals surface area contributed by atoms with Crippen LogP contribution in [0, 0.1) is 6.92 Å². The topological polar surface area (TPSA) is 28.4 Å². The Labute approximate surface area is 91.4 Å². The molecule has 1 N–H and O–H groups in total. The van der Waals surface area contributed by atoms with Crippen LogP contribution in [-0.2, 0) is 0 Å². The number of anilines is 1. The van der Waals surface area contributed by atoms with Crippen molar-refractivity contribution in [2.24, 2.45) is 0 Å². The normalized spacial score (nSPS) is 24.4. The molecule has 0 aliphatic carbocycles. The summed E-state index contributed by atoms with van der Waals surface area (Å²) >= 11 is 0. The minimum atomic E-state index is 0.251. The molecule has 84 valence electrons. The highest BCUT2D eigenvalue weighted by Gasteiger charge is 2.33. The molecule has 3 heteroatoms. The largest absolute Gasteiger partial charge is 0.446 e. The maximum absolute atomic E-state index is 5.62. The Bertz CT molecular complexity index is 343. The smallest absolute Gasteiger partial charge is 0.195 e. The summed E-state index contributed by atoms with van der Waals surface area (Å²) in [5.41, 5.74) is 0.251. The van der Waals surface area contributed by atoms with Gasteiger partial charge in [0.15, 0.2) is 5.88 Å². The second-order valence-corrected chi connectivity index (χ2v) is 5.12. The van der Waals surface area contributed by atoms with Gasteiger partial charge in [0.05, 0.1) is 0 Å². The third-order valence-electron chi connectivity index (χ3n) is 3.18. The van der Waals surface area contributed by atoms with Crippen LogP contribution in [0.25, 0.3) is 0 Å². The van der Waals surface area contributed by atoms with Gasteiger partial charge in [0.25, 0.3) is 0 Å². The Hall–Kier alpha value is -0.960. The van der Waals surface area contributed by atoms with Crippen LogP contribution in [-0.4, -0.2) is 25.2 Å². The molecule has 1 aliphatic rings. The molecule has 2 rings (SSSR count). The van der Waals surface area contributed by atoms with E-state index in [0.29, 0.717) is 6.04 Å². The van der Waals surface area contributed by atoms with Gasteiger partial charge < -0.3 is 14.6 Å². The van der Waals surface area contributed by atoms with Gasteiger partial charge in [-0.2, -0.15) is 0 Å². The van der Waals surface area contributed by atoms with Gasteiger partial charge in [-0.1, -0.05) is 0 Å². The summed E-state index contributed by atoms with van der Waals surface area (Å²) in [4.78, 5) is 2.23. The Morgan fingerprint density at radius 1 is 1.47 bits per heavy atom. The van der Waals surface area contributed by atoms with E-state index in [-0.39, 0.29) is 5.54 Å². The molecule has 0 spiro atoms. The number of nitrogens with zero attached hydrogens (tertiary/aromatic N) is 1. The van der Waals surface area contributed by atoms with Crippen molar-refractivity contribution in [3.05, 3.63) is 17.9 Å². The number of hydrogen-bond acceptors (Lipinski definition) is 3. The Morgan fingerprint density at radius 3 is 2.67 bits per heavy atom. The van der Waals surface area contributed by atoms with E-state index in [9.17, 15) is 0 Å². The van der Waals surface area contributed by atoms with Crippen LogP contribution in [0.4, 0.5) is 5.88 Å². The fourth-order valence-electron chi connectivity index (χ4n) is 2.19. The summed E-state index contributed by atoms with van der Waals surface area (Å²) in [7, 11) is 2.10. The predicted molar refractivity (Wildman–Crippen MR) is 62.3 cm³/mol. The second-order valence-electron chi connectivity index (χ2n) is 5.12. The molecule has 0 aromatic carbocycles. The zero-order chi connectivity index (χ0) is 11.1. The first-order valence-corrected chi connectivity index (χ1v) is 5.52. The lowest BCUT2D eigenvalue weighted by molar-refractivity contribution is 0.449. The molecular weight excluding hydrogens is 188 g/mol. The standard InChI is InChI=1S/C12H20N2O/c1-9-5-6-11(15-9)14(4)10-7-12(2,3)13-8-10/h5-6,10,13H,7-8H2,1-4H3. The van der Waals surface area contributed by atoms with Crippen molar-refractivity contribution >= 4 is 5.88 Å². The van der Waals surface area contributed by atoms with Crippen molar-refractivity contribution in [1.29, 1.82) is 0 Å². The van der Waals surface area contributed by atoms with E-state index in [0.717, 1.165) is 24.6 Å². The first-order valence-electron chi connectivity index (χ1n) is 5.52. The summed E-state index contributed by atoms with van der Waals surface area (Å²) in [6.45, 7) is 7.50. The van der Waals surface area contributed by atoms with Crippen molar-refractivity contribution in [2.45, 2.75) is 38.8 Å². The summed E-state index contributed by atoms with van der Waals surface area (Å²) in [6, 6.07) is 4.59. The van der Waals surface area contributed by atoms with Crippen molar-refractivity contribution in [1.82, 2.24) is 5.32 Å². The van der Waals surface area contributed by atoms with E-state index in [1.165, 1.54) is 0 Å². The van der Waals surface area contributed by atoms with Gasteiger partial charge in [-0.05, 0) is 33.3 Å². The van der Waals surface area contributed by atoms with Crippen LogP contribution in [0.2, 0.25) is 0 Å². The van der Waals surface area contributed by atoms with Crippen molar-refractivity contribution in [3.63, 3.8) is 0 Å². The molecule has 1 unspecified atom stereocenters. The Kier molecular flexibility index (Phi) is 2.51. The molecule has 0 amide bonds. The third-order valence-corrected chi connectivity index (χ3v) is 3.18. The maximum atomic E-state index is 5.62. The molecule has 15 heavy (non-hydrogen) atoms. The molecule has 1 aliphatic heterocycles. The number of nitrogens with one attached hydrogen (secondary N) is 1. The lowest BCUT2D eigenvalue weighted by Gasteiger charge is -2.24. The fraction of sp³-hybridized carbons (Fsp3) is 0.667. The average molecular weight is 208 g/mol. The van der Waals surface area contributed by atoms with Crippen molar-refractivity contribution in [2.75, 3.05) is 18.5 Å². The number of furan rings is 1. The second kappa shape index (κ2) is 3.56. The number of hydrogen-bond donors (Lipinski definition) is 1. The molecule has 2 heterocycles. The summed E-state index contributed by atoms with van der Waals surface area (Å²) in [6.07, 6.45) is 1.16. The average Bonchev–Trinajstić information content (AvgIpc) is 2.71. The molecule has 1 atom stereocenters. The van der Waals surface area contributed by atoms with Gasteiger partial charge >= 0.3 is 0 Å². The first kappa shape index (κ1) is 10.6. The van der Waals surface area contributed by atoms with Gasteiger partial charge in [-0.3, -0.25) is 0 Å². The molecule has 3 nitrogen and oxygen atoms in total. The van der Waals surface area contributed by atoms with Gasteiger partial charge in [-0.25, -0.2) is 0 Å². The van der Waals surface area contributed by atoms with Crippen LogP contribution < -0.4 is 10.2 Å². The number of likely N-dealkylation sites (N-methyl/N-ethyl adjacent to an activating group) is 1. The highest BCUT2D eigenvalue weighted by atomic mass is 16.4. The molecule has 1 aromatic rings. The quantitative estimate of drug-likeness (QED) is 0.807. The van der Waals surface area contributed by atoms with E-state index < -0.39 is 0 Å². The molecule has 0 bridgehead atoms. The monoisotopic (exact) mass is 208 g/mol.